The van der Waals surface area contributed by atoms with E-state index >= 15 is 0 Å². The highest BCUT2D eigenvalue weighted by atomic mass is 127. The molecule has 25 heavy (non-hydrogen) atoms. The Morgan fingerprint density at radius 2 is 2.08 bits per heavy atom. The second-order valence-electron chi connectivity index (χ2n) is 4.94. The first-order valence-corrected chi connectivity index (χ1v) is 8.54. The Kier molecular flexibility index (Phi) is 6.99. The molecule has 3 N–H and O–H groups in total. The molecule has 1 amide bonds. The van der Waals surface area contributed by atoms with Gasteiger partial charge in [0.2, 0.25) is 0 Å². The zero-order valence-electron chi connectivity index (χ0n) is 13.4. The van der Waals surface area contributed by atoms with Crippen LogP contribution in [0.1, 0.15) is 12.5 Å². The van der Waals surface area contributed by atoms with E-state index in [0.29, 0.717) is 27.2 Å². The maximum Gasteiger partial charge on any atom is 0.259 e. The number of phenols is 1. The lowest BCUT2D eigenvalue weighted by Crippen LogP contribution is -2.25. The fraction of sp³-hybridized carbons (Fsp3) is 0.176. The van der Waals surface area contributed by atoms with Crippen molar-refractivity contribution in [3.05, 3.63) is 51.3 Å². The lowest BCUT2D eigenvalue weighted by molar-refractivity contribution is -0.119. The van der Waals surface area contributed by atoms with Crippen LogP contribution >= 0.6 is 22.6 Å². The van der Waals surface area contributed by atoms with Crippen LogP contribution in [0, 0.1) is 9.39 Å². The summed E-state index contributed by atoms with van der Waals surface area (Å²) in [5.41, 5.74) is 3.70. The van der Waals surface area contributed by atoms with Crippen LogP contribution in [0.25, 0.3) is 0 Å². The third-order valence-corrected chi connectivity index (χ3v) is 3.87. The van der Waals surface area contributed by atoms with Crippen LogP contribution in [0.5, 0.6) is 11.5 Å². The van der Waals surface area contributed by atoms with E-state index in [2.05, 4.69) is 15.8 Å². The molecule has 132 valence electrons. The Bertz CT molecular complexity index is 766. The molecule has 0 unspecified atom stereocenters. The van der Waals surface area contributed by atoms with Crippen LogP contribution in [-0.2, 0) is 4.79 Å². The van der Waals surface area contributed by atoms with Crippen molar-refractivity contribution >= 4 is 40.4 Å². The predicted molar refractivity (Wildman–Crippen MR) is 103 cm³/mol. The average Bonchev–Trinajstić information content (AvgIpc) is 2.59. The minimum atomic E-state index is -0.348. The quantitative estimate of drug-likeness (QED) is 0.339. The van der Waals surface area contributed by atoms with Gasteiger partial charge in [0.25, 0.3) is 5.91 Å². The van der Waals surface area contributed by atoms with Gasteiger partial charge in [0, 0.05) is 5.69 Å². The fourth-order valence-electron chi connectivity index (χ4n) is 1.90. The Labute approximate surface area is 158 Å². The third kappa shape index (κ3) is 5.89. The first kappa shape index (κ1) is 19.0. The van der Waals surface area contributed by atoms with E-state index < -0.39 is 0 Å². The Hall–Kier alpha value is -2.36. The van der Waals surface area contributed by atoms with Gasteiger partial charge < -0.3 is 15.2 Å². The van der Waals surface area contributed by atoms with Gasteiger partial charge in [0.05, 0.1) is 22.9 Å². The topological polar surface area (TPSA) is 83.0 Å². The van der Waals surface area contributed by atoms with Crippen molar-refractivity contribution < 1.29 is 19.0 Å². The number of nitrogens with zero attached hydrogens (tertiary/aromatic N) is 1. The molecule has 0 heterocycles. The van der Waals surface area contributed by atoms with Gasteiger partial charge in [-0.05, 0) is 71.5 Å². The van der Waals surface area contributed by atoms with Crippen molar-refractivity contribution in [2.75, 3.05) is 18.5 Å². The van der Waals surface area contributed by atoms with E-state index in [1.165, 1.54) is 18.3 Å². The number of carbonyl (C=O) groups excluding carboxylic acids is 1. The fourth-order valence-corrected chi connectivity index (χ4v) is 2.53. The molecule has 0 aromatic heterocycles. The van der Waals surface area contributed by atoms with Crippen molar-refractivity contribution in [3.8, 4) is 11.5 Å². The molecule has 0 aliphatic carbocycles. The summed E-state index contributed by atoms with van der Waals surface area (Å²) in [6.45, 7) is 2.25. The Balaban J connectivity index is 1.89. The van der Waals surface area contributed by atoms with Gasteiger partial charge in [-0.15, -0.1) is 0 Å². The zero-order chi connectivity index (χ0) is 18.2. The molecule has 0 saturated heterocycles. The summed E-state index contributed by atoms with van der Waals surface area (Å²) in [4.78, 5) is 11.7. The van der Waals surface area contributed by atoms with Gasteiger partial charge >= 0.3 is 0 Å². The number of halogens is 2. The first-order valence-electron chi connectivity index (χ1n) is 7.46. The van der Waals surface area contributed by atoms with Gasteiger partial charge in [-0.1, -0.05) is 0 Å². The molecule has 0 aliphatic heterocycles. The number of hydrogen-bond acceptors (Lipinski definition) is 5. The molecule has 0 aliphatic rings. The van der Waals surface area contributed by atoms with E-state index in [1.54, 1.807) is 24.3 Å². The summed E-state index contributed by atoms with van der Waals surface area (Å²) < 4.78 is 18.8. The predicted octanol–water partition coefficient (Wildman–Crippen LogP) is 3.10. The molecule has 0 saturated carbocycles. The minimum absolute atomic E-state index is 0.000278. The molecule has 2 aromatic carbocycles. The summed E-state index contributed by atoms with van der Waals surface area (Å²) >= 11 is 1.99. The minimum Gasteiger partial charge on any atom is -0.504 e. The monoisotopic (exact) mass is 457 g/mol. The van der Waals surface area contributed by atoms with Crippen molar-refractivity contribution in [1.29, 1.82) is 0 Å². The number of aromatic hydroxyl groups is 1. The summed E-state index contributed by atoms with van der Waals surface area (Å²) in [6, 6.07) is 9.04. The second kappa shape index (κ2) is 9.21. The lowest BCUT2D eigenvalue weighted by Gasteiger charge is -2.08. The number of anilines is 1. The zero-order valence-corrected chi connectivity index (χ0v) is 15.6. The standard InChI is InChI=1S/C17H17FIN3O3/c1-2-25-15-8-11(7-14(19)17(15)24)9-21-22-16(23)10-20-13-5-3-12(18)4-6-13/h3-9,20,24H,2,10H2,1H3,(H,22,23)/b21-9-. The summed E-state index contributed by atoms with van der Waals surface area (Å²) in [7, 11) is 0. The first-order chi connectivity index (χ1) is 12.0. The molecule has 8 heteroatoms. The highest BCUT2D eigenvalue weighted by Crippen LogP contribution is 2.32. The van der Waals surface area contributed by atoms with Crippen LogP contribution in [0.15, 0.2) is 41.5 Å². The second-order valence-corrected chi connectivity index (χ2v) is 6.10. The Morgan fingerprint density at radius 1 is 1.36 bits per heavy atom. The molecule has 2 aromatic rings. The highest BCUT2D eigenvalue weighted by Gasteiger charge is 2.08. The molecular formula is C17H17FIN3O3. The van der Waals surface area contributed by atoms with E-state index in [0.717, 1.165) is 0 Å². The molecule has 0 bridgehead atoms. The third-order valence-electron chi connectivity index (χ3n) is 3.05. The van der Waals surface area contributed by atoms with Gasteiger partial charge in [-0.2, -0.15) is 5.10 Å². The highest BCUT2D eigenvalue weighted by molar-refractivity contribution is 14.1. The lowest BCUT2D eigenvalue weighted by atomic mass is 10.2. The van der Waals surface area contributed by atoms with E-state index in [4.69, 9.17) is 4.74 Å². The number of amides is 1. The van der Waals surface area contributed by atoms with Gasteiger partial charge in [0.15, 0.2) is 11.5 Å². The number of ether oxygens (including phenoxy) is 1. The number of hydrazone groups is 1. The summed E-state index contributed by atoms with van der Waals surface area (Å²) in [6.07, 6.45) is 1.46. The van der Waals surface area contributed by atoms with Crippen molar-refractivity contribution in [3.63, 3.8) is 0 Å². The SMILES string of the molecule is CCOc1cc(/C=N\NC(=O)CNc2ccc(F)cc2)cc(I)c1O. The van der Waals surface area contributed by atoms with Crippen LogP contribution in [0.2, 0.25) is 0 Å². The van der Waals surface area contributed by atoms with Crippen LogP contribution in [-0.4, -0.2) is 30.4 Å². The summed E-state index contributed by atoms with van der Waals surface area (Å²) in [5.74, 6) is -0.249. The largest absolute Gasteiger partial charge is 0.504 e. The normalized spacial score (nSPS) is 10.7. The van der Waals surface area contributed by atoms with Crippen LogP contribution in [0.4, 0.5) is 10.1 Å². The van der Waals surface area contributed by atoms with Crippen molar-refractivity contribution in [1.82, 2.24) is 5.43 Å². The van der Waals surface area contributed by atoms with E-state index in [-0.39, 0.29) is 24.0 Å². The number of rotatable bonds is 7. The van der Waals surface area contributed by atoms with Crippen molar-refractivity contribution in [2.24, 2.45) is 5.10 Å². The molecule has 0 atom stereocenters. The maximum atomic E-state index is 12.8. The number of nitrogens with one attached hydrogen (secondary N) is 2. The number of carbonyl (C=O) groups is 1. The van der Waals surface area contributed by atoms with E-state index in [9.17, 15) is 14.3 Å². The molecule has 0 radical (unpaired) electrons. The molecular weight excluding hydrogens is 440 g/mol. The molecule has 0 fully saturated rings. The van der Waals surface area contributed by atoms with Gasteiger partial charge in [-0.25, -0.2) is 9.82 Å². The van der Waals surface area contributed by atoms with Gasteiger partial charge in [0.1, 0.15) is 5.82 Å². The number of benzene rings is 2. The smallest absolute Gasteiger partial charge is 0.259 e. The summed E-state index contributed by atoms with van der Waals surface area (Å²) in [5, 5.41) is 16.6. The molecule has 6 nitrogen and oxygen atoms in total. The average molecular weight is 457 g/mol. The van der Waals surface area contributed by atoms with Crippen LogP contribution < -0.4 is 15.5 Å². The number of phenolic OH excluding ortho intramolecular Hbond substituents is 1. The van der Waals surface area contributed by atoms with Crippen molar-refractivity contribution in [2.45, 2.75) is 6.92 Å². The maximum absolute atomic E-state index is 12.8. The molecule has 0 spiro atoms. The number of hydrogen-bond donors (Lipinski definition) is 3. The Morgan fingerprint density at radius 3 is 2.76 bits per heavy atom. The molecule has 2 rings (SSSR count). The van der Waals surface area contributed by atoms with E-state index in [1.807, 2.05) is 29.5 Å². The van der Waals surface area contributed by atoms with Gasteiger partial charge in [-0.3, -0.25) is 4.79 Å². The van der Waals surface area contributed by atoms with Crippen LogP contribution in [0.3, 0.4) is 0 Å².